The first-order valence-corrected chi connectivity index (χ1v) is 8.05. The van der Waals surface area contributed by atoms with Crippen LogP contribution in [0.5, 0.6) is 11.5 Å². The van der Waals surface area contributed by atoms with Gasteiger partial charge in [-0.3, -0.25) is 0 Å². The highest BCUT2D eigenvalue weighted by molar-refractivity contribution is 9.10. The molecule has 3 rings (SSSR count). The van der Waals surface area contributed by atoms with Gasteiger partial charge < -0.3 is 20.1 Å². The van der Waals surface area contributed by atoms with Gasteiger partial charge in [-0.05, 0) is 49.2 Å². The second-order valence-electron chi connectivity index (χ2n) is 5.40. The molecule has 0 saturated carbocycles. The number of hydrogen-bond donors (Lipinski definition) is 2. The fraction of sp³-hybridized carbons (Fsp3) is 0.235. The Balaban J connectivity index is 1.64. The maximum Gasteiger partial charge on any atom is 0.319 e. The molecule has 6 heteroatoms. The van der Waals surface area contributed by atoms with Crippen LogP contribution in [0.4, 0.5) is 10.5 Å². The fourth-order valence-corrected chi connectivity index (χ4v) is 2.68. The average molecular weight is 377 g/mol. The predicted molar refractivity (Wildman–Crippen MR) is 92.0 cm³/mol. The number of rotatable bonds is 3. The number of carbonyl (C=O) groups is 1. The highest BCUT2D eigenvalue weighted by atomic mass is 79.9. The molecule has 23 heavy (non-hydrogen) atoms. The quantitative estimate of drug-likeness (QED) is 0.835. The van der Waals surface area contributed by atoms with E-state index in [1.54, 1.807) is 0 Å². The molecule has 1 aliphatic rings. The number of benzene rings is 2. The Hall–Kier alpha value is -2.21. The first-order chi connectivity index (χ1) is 11.0. The monoisotopic (exact) mass is 376 g/mol. The summed E-state index contributed by atoms with van der Waals surface area (Å²) in [6, 6.07) is 10.9. The molecule has 0 spiro atoms. The number of amides is 2. The third-order valence-electron chi connectivity index (χ3n) is 3.67. The van der Waals surface area contributed by atoms with Gasteiger partial charge in [0.25, 0.3) is 0 Å². The highest BCUT2D eigenvalue weighted by Crippen LogP contribution is 2.34. The van der Waals surface area contributed by atoms with Crippen molar-refractivity contribution in [1.82, 2.24) is 5.32 Å². The maximum atomic E-state index is 12.1. The van der Waals surface area contributed by atoms with Crippen molar-refractivity contribution in [2.75, 3.05) is 12.1 Å². The first kappa shape index (κ1) is 15.7. The number of fused-ring (bicyclic) bond motifs is 1. The number of hydrogen-bond acceptors (Lipinski definition) is 3. The molecule has 1 aliphatic heterocycles. The van der Waals surface area contributed by atoms with E-state index in [2.05, 4.69) is 26.6 Å². The minimum Gasteiger partial charge on any atom is -0.454 e. The van der Waals surface area contributed by atoms with Crippen molar-refractivity contribution in [3.8, 4) is 11.5 Å². The molecule has 2 N–H and O–H groups in total. The molecule has 0 fully saturated rings. The van der Waals surface area contributed by atoms with Gasteiger partial charge in [0.15, 0.2) is 11.5 Å². The smallest absolute Gasteiger partial charge is 0.319 e. The molecule has 0 bridgehead atoms. The number of nitrogens with one attached hydrogen (secondary N) is 2. The molecule has 1 heterocycles. The Kier molecular flexibility index (Phi) is 4.43. The summed E-state index contributed by atoms with van der Waals surface area (Å²) in [5.41, 5.74) is 2.80. The molecule has 0 aromatic heterocycles. The van der Waals surface area contributed by atoms with Crippen molar-refractivity contribution < 1.29 is 14.3 Å². The van der Waals surface area contributed by atoms with Crippen LogP contribution in [-0.4, -0.2) is 12.8 Å². The molecular weight excluding hydrogens is 360 g/mol. The van der Waals surface area contributed by atoms with E-state index in [-0.39, 0.29) is 18.9 Å². The third-order valence-corrected chi connectivity index (χ3v) is 4.53. The molecule has 1 unspecified atom stereocenters. The summed E-state index contributed by atoms with van der Waals surface area (Å²) < 4.78 is 11.6. The Labute approximate surface area is 143 Å². The van der Waals surface area contributed by atoms with Gasteiger partial charge in [-0.15, -0.1) is 0 Å². The topological polar surface area (TPSA) is 59.6 Å². The molecule has 2 aromatic rings. The zero-order valence-corrected chi connectivity index (χ0v) is 14.4. The summed E-state index contributed by atoms with van der Waals surface area (Å²) in [7, 11) is 0. The Bertz CT molecular complexity index is 749. The molecule has 120 valence electrons. The zero-order chi connectivity index (χ0) is 16.4. The molecule has 0 saturated heterocycles. The Morgan fingerprint density at radius 3 is 2.74 bits per heavy atom. The lowest BCUT2D eigenvalue weighted by molar-refractivity contribution is 0.174. The normalized spacial score (nSPS) is 13.5. The van der Waals surface area contributed by atoms with Crippen LogP contribution in [0.15, 0.2) is 40.9 Å². The van der Waals surface area contributed by atoms with Gasteiger partial charge in [0, 0.05) is 10.2 Å². The minimum absolute atomic E-state index is 0.154. The van der Waals surface area contributed by atoms with E-state index in [1.807, 2.05) is 50.2 Å². The highest BCUT2D eigenvalue weighted by Gasteiger charge is 2.16. The molecule has 1 atom stereocenters. The van der Waals surface area contributed by atoms with E-state index in [4.69, 9.17) is 9.47 Å². The summed E-state index contributed by atoms with van der Waals surface area (Å²) in [6.07, 6.45) is 0. The van der Waals surface area contributed by atoms with E-state index in [0.717, 1.165) is 27.0 Å². The zero-order valence-electron chi connectivity index (χ0n) is 12.9. The van der Waals surface area contributed by atoms with E-state index >= 15 is 0 Å². The maximum absolute atomic E-state index is 12.1. The minimum atomic E-state index is -0.258. The number of aryl methyl sites for hydroxylation is 1. The lowest BCUT2D eigenvalue weighted by Crippen LogP contribution is -2.31. The SMILES string of the molecule is Cc1ccc(NC(=O)NC(C)c2ccc3c(c2)OCO3)cc1Br. The Morgan fingerprint density at radius 2 is 1.96 bits per heavy atom. The Morgan fingerprint density at radius 1 is 1.17 bits per heavy atom. The third kappa shape index (κ3) is 3.59. The van der Waals surface area contributed by atoms with Crippen molar-refractivity contribution >= 4 is 27.6 Å². The number of urea groups is 1. The molecule has 0 aliphatic carbocycles. The fourth-order valence-electron chi connectivity index (χ4n) is 2.30. The van der Waals surface area contributed by atoms with Crippen molar-refractivity contribution in [2.45, 2.75) is 19.9 Å². The molecule has 5 nitrogen and oxygen atoms in total. The van der Waals surface area contributed by atoms with Gasteiger partial charge in [0.05, 0.1) is 6.04 Å². The molecule has 2 aromatic carbocycles. The molecule has 2 amide bonds. The summed E-state index contributed by atoms with van der Waals surface area (Å²) in [5, 5.41) is 5.74. The first-order valence-electron chi connectivity index (χ1n) is 7.26. The van der Waals surface area contributed by atoms with Crippen molar-refractivity contribution in [3.05, 3.63) is 52.0 Å². The summed E-state index contributed by atoms with van der Waals surface area (Å²) in [6.45, 7) is 4.15. The molecular formula is C17H17BrN2O3. The standard InChI is InChI=1S/C17H17BrN2O3/c1-10-3-5-13(8-14(10)18)20-17(21)19-11(2)12-4-6-15-16(7-12)23-9-22-15/h3-8,11H,9H2,1-2H3,(H2,19,20,21). The van der Waals surface area contributed by atoms with Gasteiger partial charge in [-0.2, -0.15) is 0 Å². The largest absolute Gasteiger partial charge is 0.454 e. The lowest BCUT2D eigenvalue weighted by Gasteiger charge is -2.16. The van der Waals surface area contributed by atoms with Crippen LogP contribution in [0.3, 0.4) is 0 Å². The van der Waals surface area contributed by atoms with Crippen molar-refractivity contribution in [2.24, 2.45) is 0 Å². The van der Waals surface area contributed by atoms with E-state index in [9.17, 15) is 4.79 Å². The second-order valence-corrected chi connectivity index (χ2v) is 6.25. The van der Waals surface area contributed by atoms with Crippen LogP contribution in [0.1, 0.15) is 24.1 Å². The van der Waals surface area contributed by atoms with Crippen LogP contribution in [0.2, 0.25) is 0 Å². The van der Waals surface area contributed by atoms with E-state index < -0.39 is 0 Å². The summed E-state index contributed by atoms with van der Waals surface area (Å²) >= 11 is 3.45. The van der Waals surface area contributed by atoms with Gasteiger partial charge in [0.1, 0.15) is 0 Å². The van der Waals surface area contributed by atoms with E-state index in [1.165, 1.54) is 0 Å². The number of anilines is 1. The van der Waals surface area contributed by atoms with E-state index in [0.29, 0.717) is 5.75 Å². The number of carbonyl (C=O) groups excluding carboxylic acids is 1. The van der Waals surface area contributed by atoms with Crippen LogP contribution >= 0.6 is 15.9 Å². The van der Waals surface area contributed by atoms with Gasteiger partial charge >= 0.3 is 6.03 Å². The number of halogens is 1. The summed E-state index contributed by atoms with van der Waals surface area (Å²) in [4.78, 5) is 12.1. The van der Waals surface area contributed by atoms with Gasteiger partial charge in [0.2, 0.25) is 6.79 Å². The second kappa shape index (κ2) is 6.50. The number of ether oxygens (including phenoxy) is 2. The van der Waals surface area contributed by atoms with Gasteiger partial charge in [-0.1, -0.05) is 28.1 Å². The predicted octanol–water partition coefficient (Wildman–Crippen LogP) is 4.37. The van der Waals surface area contributed by atoms with Crippen molar-refractivity contribution in [3.63, 3.8) is 0 Å². The van der Waals surface area contributed by atoms with Crippen LogP contribution < -0.4 is 20.1 Å². The van der Waals surface area contributed by atoms with Crippen LogP contribution in [0.25, 0.3) is 0 Å². The average Bonchev–Trinajstić information content (AvgIpc) is 2.98. The summed E-state index contributed by atoms with van der Waals surface area (Å²) in [5.74, 6) is 1.44. The van der Waals surface area contributed by atoms with Crippen LogP contribution in [-0.2, 0) is 0 Å². The van der Waals surface area contributed by atoms with Gasteiger partial charge in [-0.25, -0.2) is 4.79 Å². The van der Waals surface area contributed by atoms with Crippen molar-refractivity contribution in [1.29, 1.82) is 0 Å². The molecule has 0 radical (unpaired) electrons. The van der Waals surface area contributed by atoms with Crippen LogP contribution in [0, 0.1) is 6.92 Å². The lowest BCUT2D eigenvalue weighted by atomic mass is 10.1.